The number of carbonyl (C=O) groups excluding carboxylic acids is 1. The molecule has 2 N–H and O–H groups in total. The second kappa shape index (κ2) is 6.29. The topological polar surface area (TPSA) is 78.5 Å². The lowest BCUT2D eigenvalue weighted by atomic mass is 10.1. The minimum absolute atomic E-state index is 0.0896. The smallest absolute Gasteiger partial charge is 0.254 e. The number of hydrogen-bond acceptors (Lipinski definition) is 4. The number of H-pyrrole nitrogens is 1. The van der Waals surface area contributed by atoms with Crippen molar-refractivity contribution in [3.63, 3.8) is 0 Å². The van der Waals surface area contributed by atoms with E-state index in [1.54, 1.807) is 23.2 Å². The normalized spacial score (nSPS) is 21.0. The van der Waals surface area contributed by atoms with E-state index in [1.165, 1.54) is 0 Å². The fourth-order valence-corrected chi connectivity index (χ4v) is 2.73. The van der Waals surface area contributed by atoms with Crippen molar-refractivity contribution in [1.82, 2.24) is 15.1 Å². The summed E-state index contributed by atoms with van der Waals surface area (Å²) in [4.78, 5) is 14.3. The van der Waals surface area contributed by atoms with Gasteiger partial charge in [0.05, 0.1) is 31.1 Å². The molecule has 0 radical (unpaired) electrons. The van der Waals surface area contributed by atoms with Crippen molar-refractivity contribution < 1.29 is 14.6 Å². The minimum atomic E-state index is -0.617. The number of ether oxygens (including phenoxy) is 1. The van der Waals surface area contributed by atoms with Crippen molar-refractivity contribution in [3.05, 3.63) is 42.1 Å². The molecule has 1 aliphatic rings. The van der Waals surface area contributed by atoms with Gasteiger partial charge in [0.2, 0.25) is 0 Å². The number of likely N-dealkylation sites (N-methyl/N-ethyl adjacent to an activating group) is 1. The number of nitrogens with zero attached hydrogens (tertiary/aromatic N) is 2. The molecule has 6 heteroatoms. The molecule has 1 saturated heterocycles. The molecule has 22 heavy (non-hydrogen) atoms. The number of aromatic nitrogens is 2. The van der Waals surface area contributed by atoms with Crippen molar-refractivity contribution in [2.45, 2.75) is 19.1 Å². The summed E-state index contributed by atoms with van der Waals surface area (Å²) in [5, 5.41) is 16.7. The minimum Gasteiger partial charge on any atom is -0.388 e. The molecule has 2 heterocycles. The van der Waals surface area contributed by atoms with E-state index in [9.17, 15) is 9.90 Å². The summed E-state index contributed by atoms with van der Waals surface area (Å²) >= 11 is 0. The Morgan fingerprint density at radius 2 is 2.14 bits per heavy atom. The van der Waals surface area contributed by atoms with Crippen LogP contribution < -0.4 is 0 Å². The first-order chi connectivity index (χ1) is 10.7. The summed E-state index contributed by atoms with van der Waals surface area (Å²) in [6.45, 7) is 3.11. The summed E-state index contributed by atoms with van der Waals surface area (Å²) in [6, 6.07) is 8.96. The number of aliphatic hydroxyl groups is 1. The molecule has 3 rings (SSSR count). The van der Waals surface area contributed by atoms with Gasteiger partial charge in [0.15, 0.2) is 0 Å². The molecule has 1 amide bonds. The van der Waals surface area contributed by atoms with E-state index in [0.29, 0.717) is 18.7 Å². The summed E-state index contributed by atoms with van der Waals surface area (Å²) in [5.41, 5.74) is 2.48. The zero-order valence-corrected chi connectivity index (χ0v) is 12.4. The van der Waals surface area contributed by atoms with E-state index in [0.717, 1.165) is 11.3 Å². The number of rotatable bonds is 4. The number of aliphatic hydroxyl groups excluding tert-OH is 1. The number of hydrogen-bond donors (Lipinski definition) is 2. The standard InChI is InChI=1S/C16H19N3O3/c1-2-19(14-9-22-10-15(14)20)16(21)12-5-3-11(4-6-12)13-7-8-17-18-13/h3-8,14-15,20H,2,9-10H2,1H3,(H,17,18)/t14-,15-/m0/s1. The van der Waals surface area contributed by atoms with Crippen LogP contribution in [0.3, 0.4) is 0 Å². The first-order valence-electron chi connectivity index (χ1n) is 7.37. The Bertz CT molecular complexity index is 625. The summed E-state index contributed by atoms with van der Waals surface area (Å²) in [5.74, 6) is -0.0896. The molecule has 2 aromatic rings. The lowest BCUT2D eigenvalue weighted by Gasteiger charge is -2.28. The van der Waals surface area contributed by atoms with Crippen LogP contribution in [0.15, 0.2) is 36.5 Å². The average molecular weight is 301 g/mol. The van der Waals surface area contributed by atoms with E-state index in [4.69, 9.17) is 4.74 Å². The fourth-order valence-electron chi connectivity index (χ4n) is 2.73. The van der Waals surface area contributed by atoms with Crippen LogP contribution in [0.2, 0.25) is 0 Å². The maximum absolute atomic E-state index is 12.6. The Morgan fingerprint density at radius 3 is 2.68 bits per heavy atom. The lowest BCUT2D eigenvalue weighted by Crippen LogP contribution is -2.46. The van der Waals surface area contributed by atoms with E-state index < -0.39 is 6.10 Å². The van der Waals surface area contributed by atoms with Crippen LogP contribution in [-0.2, 0) is 4.74 Å². The number of amides is 1. The molecule has 1 aliphatic heterocycles. The van der Waals surface area contributed by atoms with Gasteiger partial charge in [-0.25, -0.2) is 0 Å². The van der Waals surface area contributed by atoms with Crippen LogP contribution in [0, 0.1) is 0 Å². The monoisotopic (exact) mass is 301 g/mol. The van der Waals surface area contributed by atoms with E-state index in [1.807, 2.05) is 25.1 Å². The van der Waals surface area contributed by atoms with Gasteiger partial charge in [-0.15, -0.1) is 0 Å². The third-order valence-corrected chi connectivity index (χ3v) is 3.97. The largest absolute Gasteiger partial charge is 0.388 e. The van der Waals surface area contributed by atoms with Gasteiger partial charge in [-0.3, -0.25) is 9.89 Å². The maximum Gasteiger partial charge on any atom is 0.254 e. The lowest BCUT2D eigenvalue weighted by molar-refractivity contribution is 0.0520. The highest BCUT2D eigenvalue weighted by molar-refractivity contribution is 5.95. The first-order valence-corrected chi connectivity index (χ1v) is 7.37. The van der Waals surface area contributed by atoms with Gasteiger partial charge < -0.3 is 14.7 Å². The number of benzene rings is 1. The van der Waals surface area contributed by atoms with Gasteiger partial charge >= 0.3 is 0 Å². The number of carbonyl (C=O) groups is 1. The van der Waals surface area contributed by atoms with Gasteiger partial charge in [0, 0.05) is 18.3 Å². The van der Waals surface area contributed by atoms with Crippen LogP contribution in [0.5, 0.6) is 0 Å². The predicted molar refractivity (Wildman–Crippen MR) is 81.3 cm³/mol. The van der Waals surface area contributed by atoms with Crippen LogP contribution in [0.1, 0.15) is 17.3 Å². The molecule has 1 aromatic heterocycles. The van der Waals surface area contributed by atoms with Crippen molar-refractivity contribution >= 4 is 5.91 Å². The zero-order valence-electron chi connectivity index (χ0n) is 12.4. The highest BCUT2D eigenvalue weighted by Gasteiger charge is 2.34. The van der Waals surface area contributed by atoms with Crippen molar-refractivity contribution in [3.8, 4) is 11.3 Å². The van der Waals surface area contributed by atoms with Crippen LogP contribution in [0.4, 0.5) is 0 Å². The third-order valence-electron chi connectivity index (χ3n) is 3.97. The summed E-state index contributed by atoms with van der Waals surface area (Å²) < 4.78 is 5.25. The molecule has 0 unspecified atom stereocenters. The molecule has 0 bridgehead atoms. The van der Waals surface area contributed by atoms with E-state index >= 15 is 0 Å². The second-order valence-corrected chi connectivity index (χ2v) is 5.31. The Morgan fingerprint density at radius 1 is 1.36 bits per heavy atom. The molecule has 0 aliphatic carbocycles. The molecule has 0 saturated carbocycles. The quantitative estimate of drug-likeness (QED) is 0.892. The Labute approximate surface area is 128 Å². The molecule has 1 fully saturated rings. The van der Waals surface area contributed by atoms with E-state index in [2.05, 4.69) is 10.2 Å². The summed E-state index contributed by atoms with van der Waals surface area (Å²) in [6.07, 6.45) is 1.07. The summed E-state index contributed by atoms with van der Waals surface area (Å²) in [7, 11) is 0. The highest BCUT2D eigenvalue weighted by Crippen LogP contribution is 2.20. The molecule has 1 aromatic carbocycles. The van der Waals surface area contributed by atoms with Gasteiger partial charge in [0.25, 0.3) is 5.91 Å². The van der Waals surface area contributed by atoms with Crippen LogP contribution in [-0.4, -0.2) is 58.0 Å². The van der Waals surface area contributed by atoms with Gasteiger partial charge in [-0.1, -0.05) is 12.1 Å². The van der Waals surface area contributed by atoms with Gasteiger partial charge in [-0.2, -0.15) is 5.10 Å². The van der Waals surface area contributed by atoms with Crippen molar-refractivity contribution in [2.75, 3.05) is 19.8 Å². The Balaban J connectivity index is 1.79. The molecule has 0 spiro atoms. The molecule has 116 valence electrons. The SMILES string of the molecule is CCN(C(=O)c1ccc(-c2ccn[nH]2)cc1)[C@H]1COC[C@@H]1O. The fraction of sp³-hybridized carbons (Fsp3) is 0.375. The number of aromatic amines is 1. The van der Waals surface area contributed by atoms with Crippen LogP contribution in [0.25, 0.3) is 11.3 Å². The Kier molecular flexibility index (Phi) is 4.22. The second-order valence-electron chi connectivity index (χ2n) is 5.31. The first kappa shape index (κ1) is 14.7. The molecule has 6 nitrogen and oxygen atoms in total. The number of nitrogens with one attached hydrogen (secondary N) is 1. The zero-order chi connectivity index (χ0) is 15.5. The average Bonchev–Trinajstić information content (AvgIpc) is 3.21. The molecular formula is C16H19N3O3. The highest BCUT2D eigenvalue weighted by atomic mass is 16.5. The predicted octanol–water partition coefficient (Wildman–Crippen LogP) is 1.30. The Hall–Kier alpha value is -2.18. The van der Waals surface area contributed by atoms with E-state index in [-0.39, 0.29) is 18.6 Å². The maximum atomic E-state index is 12.6. The van der Waals surface area contributed by atoms with Crippen molar-refractivity contribution in [1.29, 1.82) is 0 Å². The molecule has 2 atom stereocenters. The van der Waals surface area contributed by atoms with Gasteiger partial charge in [0.1, 0.15) is 0 Å². The van der Waals surface area contributed by atoms with Gasteiger partial charge in [-0.05, 0) is 30.7 Å². The third kappa shape index (κ3) is 2.75. The molecular weight excluding hydrogens is 282 g/mol. The van der Waals surface area contributed by atoms with Crippen molar-refractivity contribution in [2.24, 2.45) is 0 Å². The van der Waals surface area contributed by atoms with Crippen LogP contribution >= 0.6 is 0 Å².